The summed E-state index contributed by atoms with van der Waals surface area (Å²) in [6.45, 7) is 3.91. The van der Waals surface area contributed by atoms with Crippen molar-refractivity contribution >= 4 is 33.2 Å². The highest BCUT2D eigenvalue weighted by Crippen LogP contribution is 2.23. The van der Waals surface area contributed by atoms with Gasteiger partial charge >= 0.3 is 0 Å². The normalized spacial score (nSPS) is 11.2. The van der Waals surface area contributed by atoms with E-state index in [-0.39, 0.29) is 11.4 Å². The van der Waals surface area contributed by atoms with E-state index in [1.807, 2.05) is 43.5 Å². The first-order chi connectivity index (χ1) is 9.63. The number of aryl methyl sites for hydroxylation is 2. The van der Waals surface area contributed by atoms with Crippen LogP contribution in [0.4, 0.5) is 0 Å². The quantitative estimate of drug-likeness (QED) is 0.675. The van der Waals surface area contributed by atoms with Gasteiger partial charge in [0.15, 0.2) is 0 Å². The molecule has 20 heavy (non-hydrogen) atoms. The lowest BCUT2D eigenvalue weighted by molar-refractivity contribution is 0.877. The number of alkyl halides is 1. The molecule has 0 saturated heterocycles. The van der Waals surface area contributed by atoms with Crippen LogP contribution < -0.4 is 5.56 Å². The van der Waals surface area contributed by atoms with Crippen LogP contribution in [0.5, 0.6) is 0 Å². The molecule has 0 N–H and O–H groups in total. The molecule has 0 aliphatic rings. The van der Waals surface area contributed by atoms with Gasteiger partial charge < -0.3 is 0 Å². The highest BCUT2D eigenvalue weighted by molar-refractivity contribution is 7.16. The van der Waals surface area contributed by atoms with Crippen molar-refractivity contribution < 1.29 is 0 Å². The Balaban J connectivity index is 2.46. The lowest BCUT2D eigenvalue weighted by Crippen LogP contribution is -2.23. The standard InChI is InChI=1S/C15H13ClN2OS/c1-9-5-3-4-6-11(9)18-12(7-16)17-14-13(15(18)19)10(2)8-20-14/h3-6,8H,7H2,1-2H3. The number of aromatic nitrogens is 2. The molecule has 3 aromatic rings. The minimum Gasteiger partial charge on any atom is -0.268 e. The molecule has 5 heteroatoms. The van der Waals surface area contributed by atoms with Crippen LogP contribution in [0, 0.1) is 13.8 Å². The number of hydrogen-bond donors (Lipinski definition) is 0. The Morgan fingerprint density at radius 2 is 2.00 bits per heavy atom. The van der Waals surface area contributed by atoms with Gasteiger partial charge in [0.1, 0.15) is 10.7 Å². The van der Waals surface area contributed by atoms with Crippen molar-refractivity contribution in [2.75, 3.05) is 0 Å². The molecule has 0 aliphatic heterocycles. The van der Waals surface area contributed by atoms with Crippen molar-refractivity contribution in [2.24, 2.45) is 0 Å². The Morgan fingerprint density at radius 1 is 1.25 bits per heavy atom. The molecule has 0 atom stereocenters. The Morgan fingerprint density at radius 3 is 2.70 bits per heavy atom. The molecular formula is C15H13ClN2OS. The molecule has 3 rings (SSSR count). The Kier molecular flexibility index (Phi) is 3.36. The van der Waals surface area contributed by atoms with E-state index in [0.29, 0.717) is 11.2 Å². The molecule has 2 aromatic heterocycles. The van der Waals surface area contributed by atoms with Crippen LogP contribution in [-0.4, -0.2) is 9.55 Å². The van der Waals surface area contributed by atoms with Crippen molar-refractivity contribution in [3.63, 3.8) is 0 Å². The maximum Gasteiger partial charge on any atom is 0.267 e. The van der Waals surface area contributed by atoms with Gasteiger partial charge in [0, 0.05) is 0 Å². The number of fused-ring (bicyclic) bond motifs is 1. The van der Waals surface area contributed by atoms with E-state index in [2.05, 4.69) is 4.98 Å². The molecule has 0 saturated carbocycles. The first-order valence-electron chi connectivity index (χ1n) is 6.25. The summed E-state index contributed by atoms with van der Waals surface area (Å²) < 4.78 is 1.63. The molecule has 0 spiro atoms. The van der Waals surface area contributed by atoms with Crippen LogP contribution in [0.25, 0.3) is 15.9 Å². The number of benzene rings is 1. The monoisotopic (exact) mass is 304 g/mol. The predicted octanol–water partition coefficient (Wildman–Crippen LogP) is 3.80. The van der Waals surface area contributed by atoms with Crippen LogP contribution >= 0.6 is 22.9 Å². The summed E-state index contributed by atoms with van der Waals surface area (Å²) in [6.07, 6.45) is 0. The van der Waals surface area contributed by atoms with E-state index in [1.165, 1.54) is 11.3 Å². The molecule has 102 valence electrons. The van der Waals surface area contributed by atoms with E-state index < -0.39 is 0 Å². The summed E-state index contributed by atoms with van der Waals surface area (Å²) in [6, 6.07) is 7.76. The molecule has 1 aromatic carbocycles. The fourth-order valence-electron chi connectivity index (χ4n) is 2.32. The topological polar surface area (TPSA) is 34.9 Å². The zero-order valence-electron chi connectivity index (χ0n) is 11.2. The SMILES string of the molecule is Cc1ccccc1-n1c(CCl)nc2scc(C)c2c1=O. The molecule has 0 unspecified atom stereocenters. The molecule has 0 radical (unpaired) electrons. The zero-order chi connectivity index (χ0) is 14.3. The van der Waals surface area contributed by atoms with Gasteiger partial charge in [0.25, 0.3) is 5.56 Å². The van der Waals surface area contributed by atoms with Gasteiger partial charge in [-0.3, -0.25) is 9.36 Å². The highest BCUT2D eigenvalue weighted by atomic mass is 35.5. The van der Waals surface area contributed by atoms with Gasteiger partial charge in [0.2, 0.25) is 0 Å². The number of para-hydroxylation sites is 1. The number of thiophene rings is 1. The predicted molar refractivity (Wildman–Crippen MR) is 84.2 cm³/mol. The van der Waals surface area contributed by atoms with Crippen molar-refractivity contribution in [1.82, 2.24) is 9.55 Å². The van der Waals surface area contributed by atoms with E-state index in [1.54, 1.807) is 4.57 Å². The number of hydrogen-bond acceptors (Lipinski definition) is 3. The largest absolute Gasteiger partial charge is 0.268 e. The van der Waals surface area contributed by atoms with E-state index in [0.717, 1.165) is 21.6 Å². The van der Waals surface area contributed by atoms with Gasteiger partial charge in [-0.1, -0.05) is 18.2 Å². The first kappa shape index (κ1) is 13.3. The Hall–Kier alpha value is -1.65. The van der Waals surface area contributed by atoms with Crippen LogP contribution in [0.2, 0.25) is 0 Å². The Labute approximate surface area is 125 Å². The average molecular weight is 305 g/mol. The third kappa shape index (κ3) is 1.96. The third-order valence-electron chi connectivity index (χ3n) is 3.34. The molecule has 0 bridgehead atoms. The zero-order valence-corrected chi connectivity index (χ0v) is 12.8. The number of halogens is 1. The molecule has 0 aliphatic carbocycles. The van der Waals surface area contributed by atoms with Gasteiger partial charge in [-0.25, -0.2) is 4.98 Å². The summed E-state index contributed by atoms with van der Waals surface area (Å²) in [7, 11) is 0. The van der Waals surface area contributed by atoms with Crippen molar-refractivity contribution in [3.8, 4) is 5.69 Å². The van der Waals surface area contributed by atoms with Gasteiger partial charge in [-0.2, -0.15) is 0 Å². The molecule has 2 heterocycles. The summed E-state index contributed by atoms with van der Waals surface area (Å²) in [5.74, 6) is 0.788. The van der Waals surface area contributed by atoms with Crippen LogP contribution in [0.1, 0.15) is 17.0 Å². The first-order valence-corrected chi connectivity index (χ1v) is 7.66. The van der Waals surface area contributed by atoms with Gasteiger partial charge in [-0.05, 0) is 36.4 Å². The highest BCUT2D eigenvalue weighted by Gasteiger charge is 2.15. The summed E-state index contributed by atoms with van der Waals surface area (Å²) >= 11 is 7.48. The van der Waals surface area contributed by atoms with Crippen molar-refractivity contribution in [2.45, 2.75) is 19.7 Å². The van der Waals surface area contributed by atoms with E-state index >= 15 is 0 Å². The second kappa shape index (κ2) is 5.04. The maximum atomic E-state index is 12.8. The third-order valence-corrected chi connectivity index (χ3v) is 4.57. The minimum atomic E-state index is -0.0429. The average Bonchev–Trinajstić information content (AvgIpc) is 2.81. The van der Waals surface area contributed by atoms with E-state index in [9.17, 15) is 4.79 Å². The van der Waals surface area contributed by atoms with Crippen LogP contribution in [0.15, 0.2) is 34.4 Å². The fourth-order valence-corrected chi connectivity index (χ4v) is 3.43. The van der Waals surface area contributed by atoms with Gasteiger partial charge in [-0.15, -0.1) is 22.9 Å². The number of rotatable bonds is 2. The van der Waals surface area contributed by atoms with Crippen LogP contribution in [-0.2, 0) is 5.88 Å². The smallest absolute Gasteiger partial charge is 0.267 e. The van der Waals surface area contributed by atoms with Crippen molar-refractivity contribution in [1.29, 1.82) is 0 Å². The van der Waals surface area contributed by atoms with E-state index in [4.69, 9.17) is 11.6 Å². The van der Waals surface area contributed by atoms with Crippen molar-refractivity contribution in [3.05, 3.63) is 57.0 Å². The van der Waals surface area contributed by atoms with Crippen LogP contribution in [0.3, 0.4) is 0 Å². The lowest BCUT2D eigenvalue weighted by Gasteiger charge is -2.13. The summed E-state index contributed by atoms with van der Waals surface area (Å²) in [5, 5.41) is 2.64. The molecule has 3 nitrogen and oxygen atoms in total. The maximum absolute atomic E-state index is 12.8. The van der Waals surface area contributed by atoms with Gasteiger partial charge in [0.05, 0.1) is 17.0 Å². The lowest BCUT2D eigenvalue weighted by atomic mass is 10.2. The summed E-state index contributed by atoms with van der Waals surface area (Å²) in [4.78, 5) is 18.1. The Bertz CT molecular complexity index is 851. The minimum absolute atomic E-state index is 0.0429. The molecule has 0 amide bonds. The summed E-state index contributed by atoms with van der Waals surface area (Å²) in [5.41, 5.74) is 2.79. The second-order valence-electron chi connectivity index (χ2n) is 4.69. The number of nitrogens with zero attached hydrogens (tertiary/aromatic N) is 2. The second-order valence-corrected chi connectivity index (χ2v) is 5.81. The molecular weight excluding hydrogens is 292 g/mol. The molecule has 0 fully saturated rings. The fraction of sp³-hybridized carbons (Fsp3) is 0.200.